The first-order valence-corrected chi connectivity index (χ1v) is 8.39. The van der Waals surface area contributed by atoms with Gasteiger partial charge in [0.05, 0.1) is 5.56 Å². The molecule has 5 nitrogen and oxygen atoms in total. The van der Waals surface area contributed by atoms with Crippen LogP contribution in [-0.2, 0) is 7.05 Å². The molecule has 2 atom stereocenters. The Morgan fingerprint density at radius 3 is 2.87 bits per heavy atom. The minimum Gasteiger partial charge on any atom is -0.508 e. The van der Waals surface area contributed by atoms with Crippen molar-refractivity contribution in [3.63, 3.8) is 0 Å². The van der Waals surface area contributed by atoms with E-state index in [-0.39, 0.29) is 11.7 Å². The molecule has 1 amide bonds. The largest absolute Gasteiger partial charge is 0.508 e. The summed E-state index contributed by atoms with van der Waals surface area (Å²) in [5.41, 5.74) is 2.70. The van der Waals surface area contributed by atoms with Crippen molar-refractivity contribution in [1.82, 2.24) is 14.8 Å². The molecule has 2 saturated heterocycles. The zero-order valence-electron chi connectivity index (χ0n) is 13.7. The number of carbonyl (C=O) groups excluding carboxylic acids is 1. The number of nitrogens with zero attached hydrogens (tertiary/aromatic N) is 2. The average Bonchev–Trinajstić information content (AvgIpc) is 2.92. The summed E-state index contributed by atoms with van der Waals surface area (Å²) in [6.45, 7) is 3.86. The summed E-state index contributed by atoms with van der Waals surface area (Å²) in [6, 6.07) is 5.91. The molecule has 2 fully saturated rings. The highest BCUT2D eigenvalue weighted by molar-refractivity contribution is 6.09. The van der Waals surface area contributed by atoms with E-state index in [0.717, 1.165) is 54.5 Å². The number of aromatic nitrogens is 1. The Labute approximate surface area is 135 Å². The number of phenolic OH excluding ortho intramolecular Hbond substituents is 1. The van der Waals surface area contributed by atoms with E-state index in [4.69, 9.17) is 0 Å². The molecule has 0 aliphatic carbocycles. The van der Waals surface area contributed by atoms with Gasteiger partial charge in [-0.15, -0.1) is 0 Å². The molecule has 4 rings (SSSR count). The van der Waals surface area contributed by atoms with Crippen LogP contribution in [0.4, 0.5) is 0 Å². The van der Waals surface area contributed by atoms with E-state index in [1.165, 1.54) is 0 Å². The number of nitrogens with one attached hydrogen (secondary N) is 1. The van der Waals surface area contributed by atoms with Crippen LogP contribution >= 0.6 is 0 Å². The minimum atomic E-state index is 0.120. The molecule has 122 valence electrons. The Bertz CT molecular complexity index is 766. The third kappa shape index (κ3) is 2.14. The van der Waals surface area contributed by atoms with Gasteiger partial charge < -0.3 is 19.9 Å². The Morgan fingerprint density at radius 1 is 1.26 bits per heavy atom. The van der Waals surface area contributed by atoms with Gasteiger partial charge in [0.2, 0.25) is 0 Å². The third-order valence-electron chi connectivity index (χ3n) is 5.58. The van der Waals surface area contributed by atoms with Crippen LogP contribution in [0.5, 0.6) is 5.75 Å². The number of rotatable bonds is 1. The lowest BCUT2D eigenvalue weighted by molar-refractivity contribution is 0.0681. The molecule has 2 aromatic rings. The molecule has 2 aliphatic heterocycles. The first-order valence-electron chi connectivity index (χ1n) is 8.39. The highest BCUT2D eigenvalue weighted by Crippen LogP contribution is 2.34. The number of benzene rings is 1. The van der Waals surface area contributed by atoms with E-state index in [9.17, 15) is 9.90 Å². The fraction of sp³-hybridized carbons (Fsp3) is 0.500. The highest BCUT2D eigenvalue weighted by Gasteiger charge is 2.39. The molecule has 23 heavy (non-hydrogen) atoms. The van der Waals surface area contributed by atoms with Crippen LogP contribution in [0, 0.1) is 6.92 Å². The van der Waals surface area contributed by atoms with Crippen molar-refractivity contribution in [2.75, 3.05) is 13.1 Å². The smallest absolute Gasteiger partial charge is 0.256 e. The molecule has 2 N–H and O–H groups in total. The SMILES string of the molecule is Cc1c(C(=O)N2[C@H]3CCNC[C@@H]2CC3)c2cc(O)ccc2n1C. The molecule has 2 aliphatic rings. The molecule has 1 aromatic carbocycles. The van der Waals surface area contributed by atoms with Gasteiger partial charge in [-0.3, -0.25) is 4.79 Å². The van der Waals surface area contributed by atoms with Crippen molar-refractivity contribution in [2.24, 2.45) is 7.05 Å². The van der Waals surface area contributed by atoms with Crippen LogP contribution in [0.25, 0.3) is 10.9 Å². The lowest BCUT2D eigenvalue weighted by Crippen LogP contribution is -2.42. The summed E-state index contributed by atoms with van der Waals surface area (Å²) in [5.74, 6) is 0.326. The van der Waals surface area contributed by atoms with Crippen molar-refractivity contribution >= 4 is 16.8 Å². The summed E-state index contributed by atoms with van der Waals surface area (Å²) in [6.07, 6.45) is 3.21. The molecule has 3 heterocycles. The molecule has 1 aromatic heterocycles. The fourth-order valence-electron chi connectivity index (χ4n) is 4.27. The number of amides is 1. The van der Waals surface area contributed by atoms with Gasteiger partial charge in [-0.1, -0.05) is 0 Å². The molecule has 0 saturated carbocycles. The Kier molecular flexibility index (Phi) is 3.34. The van der Waals surface area contributed by atoms with Gasteiger partial charge in [-0.05, 0) is 50.9 Å². The van der Waals surface area contributed by atoms with E-state index >= 15 is 0 Å². The van der Waals surface area contributed by atoms with Crippen molar-refractivity contribution in [2.45, 2.75) is 38.3 Å². The molecule has 0 unspecified atom stereocenters. The van der Waals surface area contributed by atoms with Crippen molar-refractivity contribution < 1.29 is 9.90 Å². The second kappa shape index (κ2) is 5.27. The van der Waals surface area contributed by atoms with Crippen molar-refractivity contribution in [1.29, 1.82) is 0 Å². The van der Waals surface area contributed by atoms with Gasteiger partial charge in [0.25, 0.3) is 5.91 Å². The molecular weight excluding hydrogens is 290 g/mol. The van der Waals surface area contributed by atoms with E-state index in [2.05, 4.69) is 10.2 Å². The Morgan fingerprint density at radius 2 is 2.04 bits per heavy atom. The first-order chi connectivity index (χ1) is 11.1. The number of fused-ring (bicyclic) bond motifs is 3. The summed E-state index contributed by atoms with van der Waals surface area (Å²) in [5, 5.41) is 14.2. The number of carbonyl (C=O) groups is 1. The summed E-state index contributed by atoms with van der Waals surface area (Å²) in [4.78, 5) is 15.5. The number of hydrogen-bond donors (Lipinski definition) is 2. The number of hydrogen-bond acceptors (Lipinski definition) is 3. The monoisotopic (exact) mass is 313 g/mol. The molecule has 0 spiro atoms. The Hall–Kier alpha value is -2.01. The van der Waals surface area contributed by atoms with E-state index in [1.807, 2.05) is 24.6 Å². The summed E-state index contributed by atoms with van der Waals surface area (Å²) >= 11 is 0. The van der Waals surface area contributed by atoms with E-state index in [1.54, 1.807) is 12.1 Å². The van der Waals surface area contributed by atoms with Crippen LogP contribution in [0.3, 0.4) is 0 Å². The topological polar surface area (TPSA) is 57.5 Å². The fourth-order valence-corrected chi connectivity index (χ4v) is 4.27. The molecular formula is C18H23N3O2. The minimum absolute atomic E-state index is 0.120. The first kappa shape index (κ1) is 14.6. The van der Waals surface area contributed by atoms with Crippen molar-refractivity contribution in [3.8, 4) is 5.75 Å². The molecule has 0 radical (unpaired) electrons. The van der Waals surface area contributed by atoms with Gasteiger partial charge >= 0.3 is 0 Å². The van der Waals surface area contributed by atoms with Crippen molar-refractivity contribution in [3.05, 3.63) is 29.5 Å². The standard InChI is InChI=1S/C18H23N3O2/c1-11-17(15-9-14(22)5-6-16(15)20(11)2)18(23)21-12-3-4-13(21)10-19-8-7-12/h5-6,9,12-13,19,22H,3-4,7-8,10H2,1-2H3/t12-,13+/m1/s1. The van der Waals surface area contributed by atoms with Crippen LogP contribution in [0.1, 0.15) is 35.3 Å². The third-order valence-corrected chi connectivity index (χ3v) is 5.58. The lowest BCUT2D eigenvalue weighted by atomic mass is 10.1. The highest BCUT2D eigenvalue weighted by atomic mass is 16.3. The zero-order valence-corrected chi connectivity index (χ0v) is 13.7. The van der Waals surface area contributed by atoms with Gasteiger partial charge in [-0.2, -0.15) is 0 Å². The Balaban J connectivity index is 1.84. The van der Waals surface area contributed by atoms with Crippen LogP contribution in [0.2, 0.25) is 0 Å². The van der Waals surface area contributed by atoms with E-state index in [0.29, 0.717) is 12.1 Å². The second-order valence-corrected chi connectivity index (χ2v) is 6.81. The van der Waals surface area contributed by atoms with Crippen LogP contribution < -0.4 is 5.32 Å². The maximum atomic E-state index is 13.4. The molecule has 5 heteroatoms. The van der Waals surface area contributed by atoms with Gasteiger partial charge in [0, 0.05) is 42.3 Å². The maximum absolute atomic E-state index is 13.4. The zero-order chi connectivity index (χ0) is 16.1. The number of aryl methyl sites for hydroxylation is 1. The summed E-state index contributed by atoms with van der Waals surface area (Å²) < 4.78 is 2.04. The van der Waals surface area contributed by atoms with Gasteiger partial charge in [0.1, 0.15) is 5.75 Å². The average molecular weight is 313 g/mol. The predicted octanol–water partition coefficient (Wildman–Crippen LogP) is 2.16. The number of aromatic hydroxyl groups is 1. The quantitative estimate of drug-likeness (QED) is 0.848. The van der Waals surface area contributed by atoms with Gasteiger partial charge in [-0.25, -0.2) is 0 Å². The molecule has 2 bridgehead atoms. The predicted molar refractivity (Wildman–Crippen MR) is 89.8 cm³/mol. The lowest BCUT2D eigenvalue weighted by Gasteiger charge is -2.28. The maximum Gasteiger partial charge on any atom is 0.256 e. The number of phenols is 1. The van der Waals surface area contributed by atoms with Crippen LogP contribution in [0.15, 0.2) is 18.2 Å². The van der Waals surface area contributed by atoms with Crippen LogP contribution in [-0.4, -0.2) is 45.7 Å². The van der Waals surface area contributed by atoms with Gasteiger partial charge in [0.15, 0.2) is 0 Å². The summed E-state index contributed by atoms with van der Waals surface area (Å²) in [7, 11) is 1.98. The second-order valence-electron chi connectivity index (χ2n) is 6.81. The van der Waals surface area contributed by atoms with E-state index < -0.39 is 0 Å². The normalized spacial score (nSPS) is 24.2.